The monoisotopic (exact) mass is 530 g/mol. The van der Waals surface area contributed by atoms with Gasteiger partial charge in [0.25, 0.3) is 0 Å². The molecule has 0 heterocycles. The van der Waals surface area contributed by atoms with Crippen LogP contribution in [0.4, 0.5) is 4.79 Å². The summed E-state index contributed by atoms with van der Waals surface area (Å²) in [5, 5.41) is 4.89. The Morgan fingerprint density at radius 2 is 1.79 bits per heavy atom. The third-order valence-corrected chi connectivity index (χ3v) is 5.29. The number of esters is 1. The minimum absolute atomic E-state index is 0.0904. The Labute approximate surface area is 223 Å². The molecule has 1 rings (SSSR count). The van der Waals surface area contributed by atoms with Crippen molar-refractivity contribution in [3.63, 3.8) is 0 Å². The van der Waals surface area contributed by atoms with Crippen molar-refractivity contribution in [2.75, 3.05) is 20.2 Å². The maximum absolute atomic E-state index is 13.9. The molecule has 38 heavy (non-hydrogen) atoms. The molecule has 208 valence electrons. The molecule has 1 aromatic rings. The van der Waals surface area contributed by atoms with E-state index in [4.69, 9.17) is 16.9 Å². The second-order valence-corrected chi connectivity index (χ2v) is 9.54. The quantitative estimate of drug-likeness (QED) is 0.199. The van der Waals surface area contributed by atoms with Crippen LogP contribution in [0.2, 0.25) is 0 Å². The fraction of sp³-hybridized carbons (Fsp3) is 0.519. The van der Waals surface area contributed by atoms with Crippen molar-refractivity contribution in [3.8, 4) is 12.3 Å². The number of carbonyl (C=O) groups excluding carboxylic acids is 5. The lowest BCUT2D eigenvalue weighted by atomic mass is 9.97. The Morgan fingerprint density at radius 1 is 1.13 bits per heavy atom. The molecule has 0 radical (unpaired) electrons. The zero-order valence-electron chi connectivity index (χ0n) is 22.7. The van der Waals surface area contributed by atoms with Crippen molar-refractivity contribution in [1.29, 1.82) is 0 Å². The van der Waals surface area contributed by atoms with Crippen molar-refractivity contribution < 1.29 is 33.4 Å². The van der Waals surface area contributed by atoms with Crippen LogP contribution in [0.15, 0.2) is 24.3 Å². The highest BCUT2D eigenvalue weighted by atomic mass is 16.6. The van der Waals surface area contributed by atoms with Crippen molar-refractivity contribution in [2.45, 2.75) is 71.1 Å². The highest BCUT2D eigenvalue weighted by Crippen LogP contribution is 2.26. The number of methoxy groups -OCH3 is 1. The van der Waals surface area contributed by atoms with Crippen LogP contribution in [-0.2, 0) is 28.7 Å². The molecule has 2 atom stereocenters. The summed E-state index contributed by atoms with van der Waals surface area (Å²) in [4.78, 5) is 64.7. The van der Waals surface area contributed by atoms with Crippen LogP contribution in [0.5, 0.6) is 0 Å². The number of carbonyl (C=O) groups is 5. The van der Waals surface area contributed by atoms with Crippen LogP contribution in [0.25, 0.3) is 0 Å². The lowest BCUT2D eigenvalue weighted by Crippen LogP contribution is -2.54. The number of nitrogens with zero attached hydrogens (tertiary/aromatic N) is 1. The maximum Gasteiger partial charge on any atom is 0.408 e. The molecule has 4 amide bonds. The van der Waals surface area contributed by atoms with Gasteiger partial charge in [-0.15, -0.1) is 6.42 Å². The van der Waals surface area contributed by atoms with Gasteiger partial charge in [-0.25, -0.2) is 4.79 Å². The van der Waals surface area contributed by atoms with Gasteiger partial charge >= 0.3 is 12.1 Å². The van der Waals surface area contributed by atoms with E-state index in [1.54, 1.807) is 45.0 Å². The molecule has 11 nitrogen and oxygen atoms in total. The summed E-state index contributed by atoms with van der Waals surface area (Å²) in [6.07, 6.45) is 6.29. The van der Waals surface area contributed by atoms with Gasteiger partial charge in [-0.3, -0.25) is 19.2 Å². The van der Waals surface area contributed by atoms with Gasteiger partial charge in [-0.05, 0) is 38.8 Å². The molecule has 0 aliphatic rings. The molecule has 0 aliphatic heterocycles. The molecule has 0 aliphatic carbocycles. The van der Waals surface area contributed by atoms with Crippen LogP contribution < -0.4 is 16.4 Å². The van der Waals surface area contributed by atoms with E-state index in [1.165, 1.54) is 12.0 Å². The molecule has 0 saturated carbocycles. The molecule has 11 heteroatoms. The maximum atomic E-state index is 13.9. The van der Waals surface area contributed by atoms with Gasteiger partial charge in [0, 0.05) is 12.1 Å². The smallest absolute Gasteiger partial charge is 0.408 e. The fourth-order valence-corrected chi connectivity index (χ4v) is 3.60. The predicted molar refractivity (Wildman–Crippen MR) is 140 cm³/mol. The summed E-state index contributed by atoms with van der Waals surface area (Å²) < 4.78 is 9.86. The number of unbranched alkanes of at least 4 members (excludes halogenated alkanes) is 2. The summed E-state index contributed by atoms with van der Waals surface area (Å²) in [5.74, 6) is -0.457. The summed E-state index contributed by atoms with van der Waals surface area (Å²) >= 11 is 0. The second kappa shape index (κ2) is 15.2. The number of nitrogens with two attached hydrogens (primary N) is 1. The number of amides is 4. The zero-order chi connectivity index (χ0) is 28.9. The van der Waals surface area contributed by atoms with Gasteiger partial charge in [0.05, 0.1) is 13.5 Å². The standard InChI is InChI=1S/C27H38N4O7/c1-7-9-12-15-31(25(35)20(16-21(28)32)30-26(36)38-27(3,4)5)23(24(34)29-17-22(33)37-6)19-14-11-10-13-18(19)8-2/h2,10-11,13-14,20,23H,7,9,12,15-17H2,1,3-6H3,(H2,28,32)(H,29,34)(H,30,36). The first-order valence-corrected chi connectivity index (χ1v) is 12.3. The summed E-state index contributed by atoms with van der Waals surface area (Å²) in [5.41, 5.74) is 5.20. The highest BCUT2D eigenvalue weighted by molar-refractivity contribution is 5.95. The third kappa shape index (κ3) is 10.5. The highest BCUT2D eigenvalue weighted by Gasteiger charge is 2.37. The Hall–Kier alpha value is -4.07. The number of hydrogen-bond acceptors (Lipinski definition) is 7. The lowest BCUT2D eigenvalue weighted by molar-refractivity contribution is -0.145. The van der Waals surface area contributed by atoms with E-state index in [0.29, 0.717) is 17.5 Å². The largest absolute Gasteiger partial charge is 0.468 e. The zero-order valence-corrected chi connectivity index (χ0v) is 22.7. The molecular formula is C27H38N4O7. The summed E-state index contributed by atoms with van der Waals surface area (Å²) in [6, 6.07) is 3.85. The Balaban J connectivity index is 3.58. The van der Waals surface area contributed by atoms with Crippen LogP contribution in [0.3, 0.4) is 0 Å². The number of primary amides is 1. The van der Waals surface area contributed by atoms with E-state index in [9.17, 15) is 24.0 Å². The van der Waals surface area contributed by atoms with Crippen molar-refractivity contribution in [1.82, 2.24) is 15.5 Å². The first-order valence-electron chi connectivity index (χ1n) is 12.3. The molecule has 0 spiro atoms. The van der Waals surface area contributed by atoms with Crippen molar-refractivity contribution >= 4 is 29.8 Å². The molecular weight excluding hydrogens is 492 g/mol. The average molecular weight is 531 g/mol. The van der Waals surface area contributed by atoms with E-state index in [-0.39, 0.29) is 6.54 Å². The van der Waals surface area contributed by atoms with Gasteiger partial charge in [0.15, 0.2) is 0 Å². The fourth-order valence-electron chi connectivity index (χ4n) is 3.60. The predicted octanol–water partition coefficient (Wildman–Crippen LogP) is 1.79. The molecule has 0 bridgehead atoms. The van der Waals surface area contributed by atoms with E-state index in [0.717, 1.165) is 12.8 Å². The number of rotatable bonds is 13. The average Bonchev–Trinajstić information content (AvgIpc) is 2.84. The van der Waals surface area contributed by atoms with E-state index in [1.807, 2.05) is 6.92 Å². The van der Waals surface area contributed by atoms with Gasteiger partial charge in [0.2, 0.25) is 17.7 Å². The molecule has 0 fully saturated rings. The van der Waals surface area contributed by atoms with Gasteiger partial charge in [0.1, 0.15) is 24.2 Å². The Bertz CT molecular complexity index is 1040. The van der Waals surface area contributed by atoms with Crippen molar-refractivity contribution in [3.05, 3.63) is 35.4 Å². The van der Waals surface area contributed by atoms with Gasteiger partial charge in [-0.1, -0.05) is 43.9 Å². The molecule has 0 aromatic heterocycles. The van der Waals surface area contributed by atoms with Crippen LogP contribution in [0.1, 0.15) is 70.5 Å². The minimum atomic E-state index is -1.42. The first-order chi connectivity index (χ1) is 17.8. The Kier molecular flexibility index (Phi) is 12.8. The third-order valence-electron chi connectivity index (χ3n) is 5.29. The topological polar surface area (TPSA) is 157 Å². The normalized spacial score (nSPS) is 12.3. The SMILES string of the molecule is C#Cc1ccccc1C(C(=O)NCC(=O)OC)N(CCCCC)C(=O)C(CC(N)=O)NC(=O)OC(C)(C)C. The van der Waals surface area contributed by atoms with Crippen LogP contribution in [-0.4, -0.2) is 66.5 Å². The van der Waals surface area contributed by atoms with Crippen LogP contribution >= 0.6 is 0 Å². The van der Waals surface area contributed by atoms with E-state index >= 15 is 0 Å². The van der Waals surface area contributed by atoms with E-state index in [2.05, 4.69) is 21.3 Å². The van der Waals surface area contributed by atoms with E-state index < -0.39 is 60.4 Å². The summed E-state index contributed by atoms with van der Waals surface area (Å²) in [6.45, 7) is 6.56. The van der Waals surface area contributed by atoms with Gasteiger partial charge in [-0.2, -0.15) is 0 Å². The minimum Gasteiger partial charge on any atom is -0.468 e. The van der Waals surface area contributed by atoms with Crippen molar-refractivity contribution in [2.24, 2.45) is 5.73 Å². The van der Waals surface area contributed by atoms with Crippen LogP contribution in [0, 0.1) is 12.3 Å². The lowest BCUT2D eigenvalue weighted by Gasteiger charge is -2.34. The number of nitrogens with one attached hydrogen (secondary N) is 2. The number of benzene rings is 1. The Morgan fingerprint density at radius 3 is 2.34 bits per heavy atom. The summed E-state index contributed by atoms with van der Waals surface area (Å²) in [7, 11) is 1.18. The number of alkyl carbamates (subject to hydrolysis) is 1. The molecule has 4 N–H and O–H groups in total. The number of terminal acetylenes is 1. The number of hydrogen-bond donors (Lipinski definition) is 3. The molecule has 2 unspecified atom stereocenters. The number of ether oxygens (including phenoxy) is 2. The van der Waals surface area contributed by atoms with Gasteiger partial charge < -0.3 is 30.7 Å². The first kappa shape index (κ1) is 32.0. The molecule has 0 saturated heterocycles. The second-order valence-electron chi connectivity index (χ2n) is 9.54. The molecule has 1 aromatic carbocycles.